The van der Waals surface area contributed by atoms with Crippen LogP contribution in [-0.4, -0.2) is 39.6 Å². The fourth-order valence-corrected chi connectivity index (χ4v) is 2.58. The van der Waals surface area contributed by atoms with Gasteiger partial charge in [0.25, 0.3) is 0 Å². The highest BCUT2D eigenvalue weighted by atomic mass is 32.2. The monoisotopic (exact) mass is 201 g/mol. The van der Waals surface area contributed by atoms with Gasteiger partial charge in [-0.15, -0.1) is 11.8 Å². The lowest BCUT2D eigenvalue weighted by Crippen LogP contribution is -2.42. The molecular weight excluding hydrogens is 190 g/mol. The van der Waals surface area contributed by atoms with E-state index < -0.39 is 12.0 Å². The fraction of sp³-hybridized carbons (Fsp3) is 0.750. The van der Waals surface area contributed by atoms with Crippen molar-refractivity contribution in [1.29, 1.82) is 0 Å². The van der Waals surface area contributed by atoms with Gasteiger partial charge in [0.2, 0.25) is 5.91 Å². The largest absolute Gasteiger partial charge is 0.480 e. The van der Waals surface area contributed by atoms with Crippen molar-refractivity contribution in [2.24, 2.45) is 5.92 Å². The SMILES string of the molecule is O=C(O)[C@H]1CSCN1C(=O)C1CC1. The van der Waals surface area contributed by atoms with E-state index in [4.69, 9.17) is 5.11 Å². The first-order chi connectivity index (χ1) is 6.20. The minimum absolute atomic E-state index is 0.0393. The van der Waals surface area contributed by atoms with Gasteiger partial charge in [0.1, 0.15) is 6.04 Å². The number of thioether (sulfide) groups is 1. The number of hydrogen-bond acceptors (Lipinski definition) is 3. The van der Waals surface area contributed by atoms with Crippen LogP contribution in [0.3, 0.4) is 0 Å². The van der Waals surface area contributed by atoms with E-state index >= 15 is 0 Å². The van der Waals surface area contributed by atoms with Crippen molar-refractivity contribution in [3.8, 4) is 0 Å². The predicted molar refractivity (Wildman–Crippen MR) is 48.3 cm³/mol. The number of nitrogens with zero attached hydrogens (tertiary/aromatic N) is 1. The molecule has 0 unspecified atom stereocenters. The van der Waals surface area contributed by atoms with E-state index in [1.165, 1.54) is 16.7 Å². The number of carbonyl (C=O) groups excluding carboxylic acids is 1. The van der Waals surface area contributed by atoms with E-state index in [1.807, 2.05) is 0 Å². The highest BCUT2D eigenvalue weighted by Crippen LogP contribution is 2.34. The van der Waals surface area contributed by atoms with Crippen molar-refractivity contribution in [3.63, 3.8) is 0 Å². The van der Waals surface area contributed by atoms with Crippen molar-refractivity contribution >= 4 is 23.6 Å². The average molecular weight is 201 g/mol. The minimum Gasteiger partial charge on any atom is -0.480 e. The third-order valence-corrected chi connectivity index (χ3v) is 3.39. The summed E-state index contributed by atoms with van der Waals surface area (Å²) in [7, 11) is 0. The zero-order valence-corrected chi connectivity index (χ0v) is 7.92. The van der Waals surface area contributed by atoms with Crippen molar-refractivity contribution in [2.45, 2.75) is 18.9 Å². The van der Waals surface area contributed by atoms with Gasteiger partial charge in [-0.3, -0.25) is 4.79 Å². The molecule has 1 aliphatic carbocycles. The molecule has 2 fully saturated rings. The molecule has 1 heterocycles. The van der Waals surface area contributed by atoms with Crippen LogP contribution in [0.2, 0.25) is 0 Å². The molecule has 72 valence electrons. The molecule has 0 spiro atoms. The highest BCUT2D eigenvalue weighted by Gasteiger charge is 2.41. The quantitative estimate of drug-likeness (QED) is 0.701. The van der Waals surface area contributed by atoms with Crippen molar-refractivity contribution in [2.75, 3.05) is 11.6 Å². The average Bonchev–Trinajstić information content (AvgIpc) is 2.80. The lowest BCUT2D eigenvalue weighted by Gasteiger charge is -2.19. The van der Waals surface area contributed by atoms with E-state index in [-0.39, 0.29) is 11.8 Å². The van der Waals surface area contributed by atoms with Crippen molar-refractivity contribution in [1.82, 2.24) is 4.90 Å². The van der Waals surface area contributed by atoms with Gasteiger partial charge in [0.15, 0.2) is 0 Å². The predicted octanol–water partition coefficient (Wildman–Crippen LogP) is 0.382. The summed E-state index contributed by atoms with van der Waals surface area (Å²) in [4.78, 5) is 23.8. The second kappa shape index (κ2) is 3.21. The molecule has 1 saturated heterocycles. The van der Waals surface area contributed by atoms with Gasteiger partial charge in [0, 0.05) is 11.7 Å². The summed E-state index contributed by atoms with van der Waals surface area (Å²) in [6, 6.07) is -0.585. The molecule has 1 amide bonds. The summed E-state index contributed by atoms with van der Waals surface area (Å²) in [5, 5.41) is 8.83. The van der Waals surface area contributed by atoms with Gasteiger partial charge >= 0.3 is 5.97 Å². The molecule has 13 heavy (non-hydrogen) atoms. The Labute approximate surface area is 80.3 Å². The van der Waals surface area contributed by atoms with Gasteiger partial charge in [-0.25, -0.2) is 4.79 Å². The molecule has 4 nitrogen and oxygen atoms in total. The topological polar surface area (TPSA) is 57.6 Å². The summed E-state index contributed by atoms with van der Waals surface area (Å²) in [5.74, 6) is 0.372. The normalized spacial score (nSPS) is 27.7. The summed E-state index contributed by atoms with van der Waals surface area (Å²) in [5.41, 5.74) is 0. The Bertz CT molecular complexity index is 252. The lowest BCUT2D eigenvalue weighted by molar-refractivity contribution is -0.148. The van der Waals surface area contributed by atoms with Crippen LogP contribution in [0.5, 0.6) is 0 Å². The van der Waals surface area contributed by atoms with E-state index in [0.717, 1.165) is 12.8 Å². The molecule has 2 aliphatic rings. The molecule has 0 aromatic carbocycles. The van der Waals surface area contributed by atoms with Gasteiger partial charge in [-0.1, -0.05) is 0 Å². The summed E-state index contributed by atoms with van der Waals surface area (Å²) in [6.07, 6.45) is 1.87. The third-order valence-electron chi connectivity index (χ3n) is 2.38. The Balaban J connectivity index is 2.03. The van der Waals surface area contributed by atoms with E-state index in [1.54, 1.807) is 0 Å². The number of carboxylic acids is 1. The molecule has 0 aromatic rings. The molecule has 0 bridgehead atoms. The Morgan fingerprint density at radius 2 is 2.08 bits per heavy atom. The van der Waals surface area contributed by atoms with Crippen LogP contribution < -0.4 is 0 Å². The Hall–Kier alpha value is -0.710. The first-order valence-electron chi connectivity index (χ1n) is 4.31. The maximum Gasteiger partial charge on any atom is 0.327 e. The van der Waals surface area contributed by atoms with Gasteiger partial charge in [0.05, 0.1) is 5.88 Å². The van der Waals surface area contributed by atoms with Gasteiger partial charge in [-0.05, 0) is 12.8 Å². The Morgan fingerprint density at radius 3 is 2.62 bits per heavy atom. The molecule has 2 rings (SSSR count). The number of hydrogen-bond donors (Lipinski definition) is 1. The van der Waals surface area contributed by atoms with E-state index in [0.29, 0.717) is 11.6 Å². The molecule has 1 aliphatic heterocycles. The van der Waals surface area contributed by atoms with Crippen LogP contribution in [0.15, 0.2) is 0 Å². The summed E-state index contributed by atoms with van der Waals surface area (Å²) in [6.45, 7) is 0. The van der Waals surface area contributed by atoms with Gasteiger partial charge < -0.3 is 10.0 Å². The van der Waals surface area contributed by atoms with Crippen LogP contribution >= 0.6 is 11.8 Å². The smallest absolute Gasteiger partial charge is 0.327 e. The maximum atomic E-state index is 11.6. The number of carbonyl (C=O) groups is 2. The first-order valence-corrected chi connectivity index (χ1v) is 5.46. The highest BCUT2D eigenvalue weighted by molar-refractivity contribution is 7.99. The number of rotatable bonds is 2. The number of aliphatic carboxylic acids is 1. The zero-order valence-electron chi connectivity index (χ0n) is 7.10. The Morgan fingerprint density at radius 1 is 1.38 bits per heavy atom. The summed E-state index contributed by atoms with van der Waals surface area (Å²) >= 11 is 1.52. The standard InChI is InChI=1S/C8H11NO3S/c10-7(5-1-2-5)9-4-13-3-6(9)8(11)12/h5-6H,1-4H2,(H,11,12)/t6-/m1/s1. The number of carboxylic acid groups (broad SMARTS) is 1. The van der Waals surface area contributed by atoms with Crippen LogP contribution in [-0.2, 0) is 9.59 Å². The second-order valence-corrected chi connectivity index (χ2v) is 4.44. The molecule has 1 N–H and O–H groups in total. The molecule has 0 radical (unpaired) electrons. The van der Waals surface area contributed by atoms with E-state index in [9.17, 15) is 9.59 Å². The van der Waals surface area contributed by atoms with Crippen molar-refractivity contribution < 1.29 is 14.7 Å². The summed E-state index contributed by atoms with van der Waals surface area (Å²) < 4.78 is 0. The Kier molecular flexibility index (Phi) is 2.19. The van der Waals surface area contributed by atoms with Crippen LogP contribution in [0, 0.1) is 5.92 Å². The van der Waals surface area contributed by atoms with Crippen LogP contribution in [0.4, 0.5) is 0 Å². The molecule has 1 saturated carbocycles. The lowest BCUT2D eigenvalue weighted by atomic mass is 10.2. The van der Waals surface area contributed by atoms with Crippen LogP contribution in [0.25, 0.3) is 0 Å². The number of amides is 1. The second-order valence-electron chi connectivity index (χ2n) is 3.44. The zero-order chi connectivity index (χ0) is 9.42. The molecule has 5 heteroatoms. The molecule has 1 atom stereocenters. The van der Waals surface area contributed by atoms with Crippen molar-refractivity contribution in [3.05, 3.63) is 0 Å². The van der Waals surface area contributed by atoms with Gasteiger partial charge in [-0.2, -0.15) is 0 Å². The molecular formula is C8H11NO3S. The third kappa shape index (κ3) is 1.65. The van der Waals surface area contributed by atoms with Crippen LogP contribution in [0.1, 0.15) is 12.8 Å². The fourth-order valence-electron chi connectivity index (χ4n) is 1.43. The minimum atomic E-state index is -0.876. The first kappa shape index (κ1) is 8.87. The van der Waals surface area contributed by atoms with E-state index in [2.05, 4.69) is 0 Å². The maximum absolute atomic E-state index is 11.6. The molecule has 0 aromatic heterocycles.